The normalized spacial score (nSPS) is 19.7. The van der Waals surface area contributed by atoms with Crippen molar-refractivity contribution in [2.45, 2.75) is 57.7 Å². The number of aliphatic carboxylic acids is 1. The van der Waals surface area contributed by atoms with Crippen molar-refractivity contribution < 1.29 is 19.8 Å². The van der Waals surface area contributed by atoms with E-state index in [0.29, 0.717) is 5.92 Å². The Kier molecular flexibility index (Phi) is 5.40. The molecule has 0 aromatic heterocycles. The molecule has 18 heavy (non-hydrogen) atoms. The molecule has 1 saturated carbocycles. The first kappa shape index (κ1) is 14.8. The minimum absolute atomic E-state index is 0.0703. The Hall–Kier alpha value is -1.30. The molecule has 6 heteroatoms. The van der Waals surface area contributed by atoms with Gasteiger partial charge in [0.05, 0.1) is 6.10 Å². The van der Waals surface area contributed by atoms with Gasteiger partial charge in [0.2, 0.25) is 0 Å². The van der Waals surface area contributed by atoms with Gasteiger partial charge in [-0.15, -0.1) is 0 Å². The van der Waals surface area contributed by atoms with E-state index >= 15 is 0 Å². The van der Waals surface area contributed by atoms with E-state index in [4.69, 9.17) is 5.11 Å². The van der Waals surface area contributed by atoms with E-state index in [1.165, 1.54) is 19.8 Å². The number of hydrogen-bond acceptors (Lipinski definition) is 3. The number of carbonyl (C=O) groups excluding carboxylic acids is 1. The Morgan fingerprint density at radius 2 is 1.94 bits per heavy atom. The average Bonchev–Trinajstić information content (AvgIpc) is 3.08. The van der Waals surface area contributed by atoms with E-state index < -0.39 is 24.1 Å². The van der Waals surface area contributed by atoms with Crippen molar-refractivity contribution in [2.75, 3.05) is 0 Å². The molecule has 3 atom stereocenters. The van der Waals surface area contributed by atoms with Gasteiger partial charge in [-0.2, -0.15) is 0 Å². The lowest BCUT2D eigenvalue weighted by Crippen LogP contribution is -2.53. The second kappa shape index (κ2) is 6.58. The van der Waals surface area contributed by atoms with Crippen molar-refractivity contribution in [1.29, 1.82) is 0 Å². The number of carboxylic acids is 1. The van der Waals surface area contributed by atoms with E-state index in [-0.39, 0.29) is 6.04 Å². The summed E-state index contributed by atoms with van der Waals surface area (Å²) >= 11 is 0. The maximum absolute atomic E-state index is 11.6. The van der Waals surface area contributed by atoms with Crippen molar-refractivity contribution in [3.05, 3.63) is 0 Å². The molecule has 0 radical (unpaired) electrons. The van der Waals surface area contributed by atoms with Crippen molar-refractivity contribution in [3.8, 4) is 0 Å². The Balaban J connectivity index is 2.39. The molecule has 0 spiro atoms. The summed E-state index contributed by atoms with van der Waals surface area (Å²) in [6.45, 7) is 3.32. The lowest BCUT2D eigenvalue weighted by molar-refractivity contribution is -0.141. The molecule has 0 bridgehead atoms. The van der Waals surface area contributed by atoms with Crippen LogP contribution in [0, 0.1) is 5.92 Å². The van der Waals surface area contributed by atoms with Crippen LogP contribution in [0.4, 0.5) is 4.79 Å². The summed E-state index contributed by atoms with van der Waals surface area (Å²) in [5.41, 5.74) is 0. The summed E-state index contributed by atoms with van der Waals surface area (Å²) in [7, 11) is 0. The maximum atomic E-state index is 11.6. The highest BCUT2D eigenvalue weighted by Crippen LogP contribution is 2.33. The standard InChI is InChI=1S/C12H22N2O4/c1-3-9(6-8-4-5-8)13-12(18)14-10(7(2)15)11(16)17/h7-10,15H,3-6H2,1-2H3,(H,16,17)(H2,13,14,18). The molecule has 0 aliphatic heterocycles. The molecule has 0 saturated heterocycles. The molecule has 1 rings (SSSR count). The zero-order valence-electron chi connectivity index (χ0n) is 10.8. The van der Waals surface area contributed by atoms with E-state index in [9.17, 15) is 14.7 Å². The van der Waals surface area contributed by atoms with Crippen LogP contribution in [-0.4, -0.2) is 40.4 Å². The van der Waals surface area contributed by atoms with E-state index in [0.717, 1.165) is 12.8 Å². The number of urea groups is 1. The van der Waals surface area contributed by atoms with Crippen molar-refractivity contribution >= 4 is 12.0 Å². The molecule has 1 aliphatic rings. The van der Waals surface area contributed by atoms with Gasteiger partial charge in [0.1, 0.15) is 0 Å². The third-order valence-corrected chi connectivity index (χ3v) is 3.18. The van der Waals surface area contributed by atoms with Gasteiger partial charge in [-0.3, -0.25) is 0 Å². The number of hydrogen-bond donors (Lipinski definition) is 4. The minimum Gasteiger partial charge on any atom is -0.480 e. The molecular formula is C12H22N2O4. The monoisotopic (exact) mass is 258 g/mol. The highest BCUT2D eigenvalue weighted by molar-refractivity contribution is 5.83. The fourth-order valence-corrected chi connectivity index (χ4v) is 1.84. The van der Waals surface area contributed by atoms with Gasteiger partial charge in [-0.1, -0.05) is 19.8 Å². The van der Waals surface area contributed by atoms with Crippen LogP contribution >= 0.6 is 0 Å². The Morgan fingerprint density at radius 1 is 1.33 bits per heavy atom. The molecule has 3 unspecified atom stereocenters. The number of carboxylic acid groups (broad SMARTS) is 1. The first-order valence-corrected chi connectivity index (χ1v) is 6.42. The van der Waals surface area contributed by atoms with E-state index in [1.807, 2.05) is 6.92 Å². The van der Waals surface area contributed by atoms with Crippen LogP contribution in [0.25, 0.3) is 0 Å². The minimum atomic E-state index is -1.27. The summed E-state index contributed by atoms with van der Waals surface area (Å²) in [5.74, 6) is -0.544. The van der Waals surface area contributed by atoms with Gasteiger partial charge >= 0.3 is 12.0 Å². The van der Waals surface area contributed by atoms with Crippen molar-refractivity contribution in [3.63, 3.8) is 0 Å². The summed E-state index contributed by atoms with van der Waals surface area (Å²) in [6.07, 6.45) is 3.06. The molecule has 4 N–H and O–H groups in total. The third-order valence-electron chi connectivity index (χ3n) is 3.18. The Labute approximate surface area is 107 Å². The lowest BCUT2D eigenvalue weighted by atomic mass is 10.1. The molecule has 1 aliphatic carbocycles. The molecule has 0 heterocycles. The van der Waals surface area contributed by atoms with E-state index in [1.54, 1.807) is 0 Å². The zero-order valence-corrected chi connectivity index (χ0v) is 10.8. The number of aliphatic hydroxyl groups excluding tert-OH is 1. The van der Waals surface area contributed by atoms with Gasteiger partial charge in [0.25, 0.3) is 0 Å². The Morgan fingerprint density at radius 3 is 2.33 bits per heavy atom. The summed E-state index contributed by atoms with van der Waals surface area (Å²) in [5, 5.41) is 23.1. The van der Waals surface area contributed by atoms with Crippen LogP contribution in [0.15, 0.2) is 0 Å². The van der Waals surface area contributed by atoms with Crippen LogP contribution in [0.1, 0.15) is 39.5 Å². The number of amides is 2. The fourth-order valence-electron chi connectivity index (χ4n) is 1.84. The molecule has 1 fully saturated rings. The number of aliphatic hydroxyl groups is 1. The van der Waals surface area contributed by atoms with Gasteiger partial charge in [-0.25, -0.2) is 9.59 Å². The van der Waals surface area contributed by atoms with Crippen molar-refractivity contribution in [1.82, 2.24) is 10.6 Å². The smallest absolute Gasteiger partial charge is 0.328 e. The average molecular weight is 258 g/mol. The highest BCUT2D eigenvalue weighted by Gasteiger charge is 2.28. The quantitative estimate of drug-likeness (QED) is 0.540. The summed E-state index contributed by atoms with van der Waals surface area (Å²) in [6, 6.07) is -1.74. The largest absolute Gasteiger partial charge is 0.480 e. The lowest BCUT2D eigenvalue weighted by Gasteiger charge is -2.21. The van der Waals surface area contributed by atoms with Gasteiger partial charge < -0.3 is 20.8 Å². The number of nitrogens with one attached hydrogen (secondary N) is 2. The van der Waals surface area contributed by atoms with Crippen LogP contribution in [0.2, 0.25) is 0 Å². The maximum Gasteiger partial charge on any atom is 0.328 e. The third kappa shape index (κ3) is 4.91. The van der Waals surface area contributed by atoms with Crippen molar-refractivity contribution in [2.24, 2.45) is 5.92 Å². The van der Waals surface area contributed by atoms with Crippen LogP contribution in [0.5, 0.6) is 0 Å². The second-order valence-corrected chi connectivity index (χ2v) is 4.96. The predicted octanol–water partition coefficient (Wildman–Crippen LogP) is 0.698. The molecule has 104 valence electrons. The fraction of sp³-hybridized carbons (Fsp3) is 0.833. The van der Waals surface area contributed by atoms with Gasteiger partial charge in [0.15, 0.2) is 6.04 Å². The number of carbonyl (C=O) groups is 2. The van der Waals surface area contributed by atoms with Crippen LogP contribution in [0.3, 0.4) is 0 Å². The molecular weight excluding hydrogens is 236 g/mol. The Bertz CT molecular complexity index is 302. The molecule has 6 nitrogen and oxygen atoms in total. The summed E-state index contributed by atoms with van der Waals surface area (Å²) < 4.78 is 0. The zero-order chi connectivity index (χ0) is 13.7. The van der Waals surface area contributed by atoms with E-state index in [2.05, 4.69) is 10.6 Å². The van der Waals surface area contributed by atoms with Gasteiger partial charge in [-0.05, 0) is 25.7 Å². The topological polar surface area (TPSA) is 98.7 Å². The SMILES string of the molecule is CCC(CC1CC1)NC(=O)NC(C(=O)O)C(C)O. The second-order valence-electron chi connectivity index (χ2n) is 4.96. The first-order chi connectivity index (χ1) is 8.43. The van der Waals surface area contributed by atoms with Crippen LogP contribution in [-0.2, 0) is 4.79 Å². The van der Waals surface area contributed by atoms with Gasteiger partial charge in [0, 0.05) is 6.04 Å². The molecule has 0 aromatic rings. The predicted molar refractivity (Wildman–Crippen MR) is 66.2 cm³/mol. The van der Waals surface area contributed by atoms with Crippen LogP contribution < -0.4 is 10.6 Å². The number of rotatable bonds is 7. The molecule has 0 aromatic carbocycles. The highest BCUT2D eigenvalue weighted by atomic mass is 16.4. The first-order valence-electron chi connectivity index (χ1n) is 6.42. The summed E-state index contributed by atoms with van der Waals surface area (Å²) in [4.78, 5) is 22.5. The molecule has 2 amide bonds.